The Bertz CT molecular complexity index is 604. The van der Waals surface area contributed by atoms with Gasteiger partial charge in [0.2, 0.25) is 5.91 Å². The Hall–Kier alpha value is -2.09. The van der Waals surface area contributed by atoms with Crippen molar-refractivity contribution in [1.29, 1.82) is 0 Å². The Morgan fingerprint density at radius 3 is 2.38 bits per heavy atom. The third kappa shape index (κ3) is 3.52. The molecule has 0 aliphatic heterocycles. The van der Waals surface area contributed by atoms with E-state index in [1.807, 2.05) is 49.4 Å². The lowest BCUT2D eigenvalue weighted by molar-refractivity contribution is -0.117. The van der Waals surface area contributed by atoms with Crippen LogP contribution in [0, 0.1) is 6.92 Å². The fourth-order valence-electron chi connectivity index (χ4n) is 2.67. The molecule has 0 aliphatic carbocycles. The molecule has 0 saturated heterocycles. The van der Waals surface area contributed by atoms with Crippen molar-refractivity contribution in [3.05, 3.63) is 65.2 Å². The summed E-state index contributed by atoms with van der Waals surface area (Å²) in [6.45, 7) is 6.20. The van der Waals surface area contributed by atoms with Gasteiger partial charge in [-0.25, -0.2) is 0 Å². The first-order valence-electron chi connectivity index (χ1n) is 7.61. The predicted molar refractivity (Wildman–Crippen MR) is 88.7 cm³/mol. The van der Waals surface area contributed by atoms with Crippen molar-refractivity contribution >= 4 is 11.6 Å². The number of carbonyl (C=O) groups excluding carboxylic acids is 1. The van der Waals surface area contributed by atoms with Gasteiger partial charge >= 0.3 is 0 Å². The molecule has 0 aliphatic rings. The molecule has 0 aromatic heterocycles. The summed E-state index contributed by atoms with van der Waals surface area (Å²) in [5.41, 5.74) is 4.35. The van der Waals surface area contributed by atoms with Crippen LogP contribution in [0.15, 0.2) is 48.5 Å². The number of anilines is 1. The number of para-hydroxylation sites is 1. The first-order chi connectivity index (χ1) is 10.2. The molecule has 1 amide bonds. The maximum atomic E-state index is 12.7. The van der Waals surface area contributed by atoms with Crippen LogP contribution in [-0.2, 0) is 11.2 Å². The van der Waals surface area contributed by atoms with E-state index >= 15 is 0 Å². The normalized spacial score (nSPS) is 12.0. The van der Waals surface area contributed by atoms with Gasteiger partial charge in [0.15, 0.2) is 0 Å². The molecular formula is C19H23NO. The lowest BCUT2D eigenvalue weighted by Crippen LogP contribution is -2.22. The zero-order chi connectivity index (χ0) is 15.2. The fraction of sp³-hybridized carbons (Fsp3) is 0.316. The van der Waals surface area contributed by atoms with Crippen LogP contribution in [0.2, 0.25) is 0 Å². The highest BCUT2D eigenvalue weighted by atomic mass is 16.1. The molecule has 2 aromatic carbocycles. The summed E-state index contributed by atoms with van der Waals surface area (Å²) < 4.78 is 0. The molecule has 0 bridgehead atoms. The van der Waals surface area contributed by atoms with Crippen LogP contribution in [-0.4, -0.2) is 5.91 Å². The average Bonchev–Trinajstić information content (AvgIpc) is 2.51. The Labute approximate surface area is 127 Å². The lowest BCUT2D eigenvalue weighted by Gasteiger charge is -2.18. The summed E-state index contributed by atoms with van der Waals surface area (Å²) in [5, 5.41) is 3.14. The highest BCUT2D eigenvalue weighted by Crippen LogP contribution is 2.25. The second-order valence-corrected chi connectivity index (χ2v) is 5.32. The van der Waals surface area contributed by atoms with Crippen molar-refractivity contribution in [2.75, 3.05) is 5.32 Å². The molecule has 2 nitrogen and oxygen atoms in total. The van der Waals surface area contributed by atoms with Crippen LogP contribution in [0.3, 0.4) is 0 Å². The van der Waals surface area contributed by atoms with Crippen molar-refractivity contribution < 1.29 is 4.79 Å². The highest BCUT2D eigenvalue weighted by molar-refractivity contribution is 5.97. The summed E-state index contributed by atoms with van der Waals surface area (Å²) in [4.78, 5) is 12.7. The van der Waals surface area contributed by atoms with E-state index in [0.717, 1.165) is 29.7 Å². The number of hydrogen-bond donors (Lipinski definition) is 1. The van der Waals surface area contributed by atoms with E-state index in [1.165, 1.54) is 5.56 Å². The molecule has 2 heteroatoms. The highest BCUT2D eigenvalue weighted by Gasteiger charge is 2.19. The number of nitrogens with one attached hydrogen (secondary N) is 1. The van der Waals surface area contributed by atoms with Crippen molar-refractivity contribution in [3.8, 4) is 0 Å². The maximum absolute atomic E-state index is 12.7. The van der Waals surface area contributed by atoms with Gasteiger partial charge < -0.3 is 5.32 Å². The first-order valence-corrected chi connectivity index (χ1v) is 7.61. The Morgan fingerprint density at radius 2 is 1.76 bits per heavy atom. The van der Waals surface area contributed by atoms with Gasteiger partial charge in [-0.1, -0.05) is 62.4 Å². The molecular weight excluding hydrogens is 258 g/mol. The smallest absolute Gasteiger partial charge is 0.231 e. The number of rotatable bonds is 5. The van der Waals surface area contributed by atoms with Crippen LogP contribution in [0.25, 0.3) is 0 Å². The molecule has 0 heterocycles. The molecule has 0 radical (unpaired) electrons. The van der Waals surface area contributed by atoms with Gasteiger partial charge in [-0.2, -0.15) is 0 Å². The standard InChI is InChI=1S/C19H23NO/c1-4-15-13-9-10-14(3)18(15)20-19(21)17(5-2)16-11-7-6-8-12-16/h6-13,17H,4-5H2,1-3H3,(H,20,21)/t17-/m0/s1. The number of aryl methyl sites for hydroxylation is 2. The largest absolute Gasteiger partial charge is 0.325 e. The average molecular weight is 281 g/mol. The fourth-order valence-corrected chi connectivity index (χ4v) is 2.67. The van der Waals surface area contributed by atoms with Crippen LogP contribution >= 0.6 is 0 Å². The van der Waals surface area contributed by atoms with Crippen molar-refractivity contribution in [1.82, 2.24) is 0 Å². The van der Waals surface area contributed by atoms with Gasteiger partial charge in [0.1, 0.15) is 0 Å². The Balaban J connectivity index is 2.25. The summed E-state index contributed by atoms with van der Waals surface area (Å²) >= 11 is 0. The molecule has 0 fully saturated rings. The quantitative estimate of drug-likeness (QED) is 0.846. The first kappa shape index (κ1) is 15.3. The summed E-state index contributed by atoms with van der Waals surface area (Å²) in [6.07, 6.45) is 1.71. The second kappa shape index (κ2) is 7.07. The minimum atomic E-state index is -0.101. The van der Waals surface area contributed by atoms with E-state index in [4.69, 9.17) is 0 Å². The van der Waals surface area contributed by atoms with Gasteiger partial charge in [0.25, 0.3) is 0 Å². The summed E-state index contributed by atoms with van der Waals surface area (Å²) in [5.74, 6) is -0.0248. The molecule has 0 unspecified atom stereocenters. The number of carbonyl (C=O) groups is 1. The van der Waals surface area contributed by atoms with E-state index in [1.54, 1.807) is 0 Å². The molecule has 21 heavy (non-hydrogen) atoms. The molecule has 1 N–H and O–H groups in total. The minimum absolute atomic E-state index is 0.0766. The number of benzene rings is 2. The zero-order valence-electron chi connectivity index (χ0n) is 13.0. The van der Waals surface area contributed by atoms with Crippen LogP contribution in [0.4, 0.5) is 5.69 Å². The van der Waals surface area contributed by atoms with E-state index < -0.39 is 0 Å². The SMILES string of the molecule is CCc1cccc(C)c1NC(=O)[C@@H](CC)c1ccccc1. The zero-order valence-corrected chi connectivity index (χ0v) is 13.0. The van der Waals surface area contributed by atoms with Gasteiger partial charge in [-0.15, -0.1) is 0 Å². The topological polar surface area (TPSA) is 29.1 Å². The van der Waals surface area contributed by atoms with E-state index in [-0.39, 0.29) is 11.8 Å². The van der Waals surface area contributed by atoms with Crippen molar-refractivity contribution in [3.63, 3.8) is 0 Å². The van der Waals surface area contributed by atoms with Crippen LogP contribution < -0.4 is 5.32 Å². The third-order valence-corrected chi connectivity index (χ3v) is 3.91. The molecule has 2 aromatic rings. The van der Waals surface area contributed by atoms with E-state index in [2.05, 4.69) is 25.2 Å². The van der Waals surface area contributed by atoms with Crippen molar-refractivity contribution in [2.24, 2.45) is 0 Å². The molecule has 110 valence electrons. The Morgan fingerprint density at radius 1 is 1.05 bits per heavy atom. The van der Waals surface area contributed by atoms with Gasteiger partial charge in [-0.05, 0) is 36.5 Å². The van der Waals surface area contributed by atoms with Gasteiger partial charge in [0.05, 0.1) is 5.92 Å². The number of amides is 1. The third-order valence-electron chi connectivity index (χ3n) is 3.91. The monoisotopic (exact) mass is 281 g/mol. The summed E-state index contributed by atoms with van der Waals surface area (Å²) in [6, 6.07) is 16.1. The molecule has 0 spiro atoms. The predicted octanol–water partition coefficient (Wildman–Crippen LogP) is 4.69. The molecule has 1 atom stereocenters. The van der Waals surface area contributed by atoms with Crippen molar-refractivity contribution in [2.45, 2.75) is 39.5 Å². The maximum Gasteiger partial charge on any atom is 0.231 e. The van der Waals surface area contributed by atoms with Crippen LogP contribution in [0.1, 0.15) is 42.9 Å². The van der Waals surface area contributed by atoms with Gasteiger partial charge in [0, 0.05) is 5.69 Å². The number of hydrogen-bond acceptors (Lipinski definition) is 1. The summed E-state index contributed by atoms with van der Waals surface area (Å²) in [7, 11) is 0. The Kier molecular flexibility index (Phi) is 5.15. The molecule has 0 saturated carbocycles. The minimum Gasteiger partial charge on any atom is -0.325 e. The molecule has 2 rings (SSSR count). The van der Waals surface area contributed by atoms with E-state index in [0.29, 0.717) is 0 Å². The lowest BCUT2D eigenvalue weighted by atomic mass is 9.95. The van der Waals surface area contributed by atoms with E-state index in [9.17, 15) is 4.79 Å². The second-order valence-electron chi connectivity index (χ2n) is 5.32. The van der Waals surface area contributed by atoms with Crippen LogP contribution in [0.5, 0.6) is 0 Å². The van der Waals surface area contributed by atoms with Gasteiger partial charge in [-0.3, -0.25) is 4.79 Å².